The third-order valence-corrected chi connectivity index (χ3v) is 7.12. The van der Waals surface area contributed by atoms with Crippen LogP contribution in [0.2, 0.25) is 0 Å². The third kappa shape index (κ3) is 4.94. The second-order valence-corrected chi connectivity index (χ2v) is 9.91. The molecule has 0 radical (unpaired) electrons. The first-order valence-corrected chi connectivity index (χ1v) is 12.2. The summed E-state index contributed by atoms with van der Waals surface area (Å²) in [6.07, 6.45) is 1.75. The predicted molar refractivity (Wildman–Crippen MR) is 139 cm³/mol. The first-order chi connectivity index (χ1) is 15.4. The summed E-state index contributed by atoms with van der Waals surface area (Å²) in [4.78, 5) is 18.3. The van der Waals surface area contributed by atoms with E-state index in [1.165, 1.54) is 0 Å². The lowest BCUT2D eigenvalue weighted by atomic mass is 9.76. The van der Waals surface area contributed by atoms with Gasteiger partial charge in [-0.2, -0.15) is 0 Å². The van der Waals surface area contributed by atoms with E-state index in [1.807, 2.05) is 54.6 Å². The number of aromatic nitrogens is 1. The van der Waals surface area contributed by atoms with Crippen molar-refractivity contribution in [2.75, 3.05) is 5.32 Å². The van der Waals surface area contributed by atoms with Crippen LogP contribution in [0.1, 0.15) is 36.8 Å². The number of fused-ring (bicyclic) bond motifs is 1. The zero-order valence-electron chi connectivity index (χ0n) is 17.9. The Balaban J connectivity index is 1.71. The van der Waals surface area contributed by atoms with Crippen LogP contribution in [-0.4, -0.2) is 10.9 Å². The summed E-state index contributed by atoms with van der Waals surface area (Å²) in [5, 5.41) is 4.19. The lowest BCUT2D eigenvalue weighted by molar-refractivity contribution is -0.121. The Morgan fingerprint density at radius 3 is 1.88 bits per heavy atom. The Morgan fingerprint density at radius 1 is 0.781 bits per heavy atom. The fourth-order valence-electron chi connectivity index (χ4n) is 4.26. The number of hydrogen-bond donors (Lipinski definition) is 1. The zero-order chi connectivity index (χ0) is 22.7. The summed E-state index contributed by atoms with van der Waals surface area (Å²) in [5.41, 5.74) is 3.81. The van der Waals surface area contributed by atoms with Gasteiger partial charge in [0.15, 0.2) is 0 Å². The van der Waals surface area contributed by atoms with Crippen LogP contribution in [0.15, 0.2) is 94.0 Å². The van der Waals surface area contributed by atoms with Gasteiger partial charge < -0.3 is 5.32 Å². The number of nitrogens with one attached hydrogen (secondary N) is 1. The highest BCUT2D eigenvalue weighted by Crippen LogP contribution is 2.38. The number of anilines is 1. The molecular formula is C27H24Br2N2O. The minimum absolute atomic E-state index is 0.00556. The maximum Gasteiger partial charge on any atom is 0.228 e. The van der Waals surface area contributed by atoms with Crippen molar-refractivity contribution in [1.29, 1.82) is 0 Å². The summed E-state index contributed by atoms with van der Waals surface area (Å²) in [6, 6.07) is 26.2. The number of nitrogens with zero attached hydrogens (tertiary/aromatic N) is 1. The second kappa shape index (κ2) is 9.97. The molecule has 4 aromatic rings. The molecule has 0 saturated carbocycles. The number of pyridine rings is 1. The van der Waals surface area contributed by atoms with Crippen molar-refractivity contribution in [3.05, 3.63) is 105 Å². The Bertz CT molecular complexity index is 1170. The van der Waals surface area contributed by atoms with E-state index >= 15 is 0 Å². The summed E-state index contributed by atoms with van der Waals surface area (Å²) in [5.74, 6) is -0.236. The normalized spacial score (nSPS) is 13.2. The van der Waals surface area contributed by atoms with Gasteiger partial charge in [0, 0.05) is 20.5 Å². The van der Waals surface area contributed by atoms with Crippen LogP contribution in [0.25, 0.3) is 10.9 Å². The SMILES string of the molecule is C[C@H](c1ccc(Br)cc1)C(C(=O)Nc1cccc2cccnc12)[C@H](C)c1ccc(Br)cc1. The molecule has 0 unspecified atom stereocenters. The van der Waals surface area contributed by atoms with Gasteiger partial charge in [-0.25, -0.2) is 0 Å². The van der Waals surface area contributed by atoms with Crippen molar-refractivity contribution in [3.8, 4) is 0 Å². The standard InChI is InChI=1S/C27H24Br2N2O/c1-17(19-8-12-22(28)13-9-19)25(18(2)20-10-14-23(29)15-11-20)27(32)31-24-7-3-5-21-6-4-16-30-26(21)24/h3-18,25H,1-2H3,(H,31,32)/t17-,18-/m1/s1. The van der Waals surface area contributed by atoms with Crippen molar-refractivity contribution >= 4 is 54.4 Å². The molecule has 1 heterocycles. The average Bonchev–Trinajstić information content (AvgIpc) is 2.80. The number of benzene rings is 3. The number of para-hydroxylation sites is 1. The molecule has 1 amide bonds. The number of rotatable bonds is 6. The molecule has 4 rings (SSSR count). The molecule has 32 heavy (non-hydrogen) atoms. The number of carbonyl (C=O) groups is 1. The molecule has 0 aliphatic heterocycles. The van der Waals surface area contributed by atoms with Gasteiger partial charge >= 0.3 is 0 Å². The molecule has 3 nitrogen and oxygen atoms in total. The highest BCUT2D eigenvalue weighted by Gasteiger charge is 2.33. The molecular weight excluding hydrogens is 528 g/mol. The monoisotopic (exact) mass is 550 g/mol. The van der Waals surface area contributed by atoms with E-state index in [0.29, 0.717) is 0 Å². The Labute approximate surface area is 205 Å². The van der Waals surface area contributed by atoms with Gasteiger partial charge in [-0.1, -0.05) is 88.2 Å². The lowest BCUT2D eigenvalue weighted by Gasteiger charge is -2.29. The van der Waals surface area contributed by atoms with E-state index in [1.54, 1.807) is 6.20 Å². The highest BCUT2D eigenvalue weighted by atomic mass is 79.9. The van der Waals surface area contributed by atoms with Gasteiger partial charge in [0.25, 0.3) is 0 Å². The Hall–Kier alpha value is -2.50. The minimum Gasteiger partial charge on any atom is -0.324 e. The van der Waals surface area contributed by atoms with Crippen molar-refractivity contribution in [2.24, 2.45) is 5.92 Å². The molecule has 0 aliphatic carbocycles. The summed E-state index contributed by atoms with van der Waals surface area (Å²) in [6.45, 7) is 4.26. The van der Waals surface area contributed by atoms with Gasteiger partial charge in [0.05, 0.1) is 17.1 Å². The molecule has 0 fully saturated rings. The van der Waals surface area contributed by atoms with Gasteiger partial charge in [-0.05, 0) is 59.4 Å². The largest absolute Gasteiger partial charge is 0.324 e. The maximum absolute atomic E-state index is 13.8. The first-order valence-electron chi connectivity index (χ1n) is 10.6. The van der Waals surface area contributed by atoms with E-state index in [0.717, 1.165) is 36.7 Å². The van der Waals surface area contributed by atoms with E-state index in [4.69, 9.17) is 0 Å². The Morgan fingerprint density at radius 2 is 1.31 bits per heavy atom. The van der Waals surface area contributed by atoms with E-state index in [2.05, 4.69) is 80.3 Å². The molecule has 3 aromatic carbocycles. The lowest BCUT2D eigenvalue weighted by Crippen LogP contribution is -2.31. The molecule has 0 aliphatic rings. The Kier molecular flexibility index (Phi) is 7.07. The number of carbonyl (C=O) groups excluding carboxylic acids is 1. The van der Waals surface area contributed by atoms with Crippen LogP contribution in [0.4, 0.5) is 5.69 Å². The quantitative estimate of drug-likeness (QED) is 0.264. The van der Waals surface area contributed by atoms with E-state index < -0.39 is 0 Å². The molecule has 2 atom stereocenters. The van der Waals surface area contributed by atoms with Crippen LogP contribution in [0, 0.1) is 5.92 Å². The van der Waals surface area contributed by atoms with E-state index in [-0.39, 0.29) is 23.7 Å². The first kappa shape index (κ1) is 22.7. The fourth-order valence-corrected chi connectivity index (χ4v) is 4.78. The van der Waals surface area contributed by atoms with Gasteiger partial charge in [-0.15, -0.1) is 0 Å². The topological polar surface area (TPSA) is 42.0 Å². The summed E-state index contributed by atoms with van der Waals surface area (Å²) < 4.78 is 2.05. The van der Waals surface area contributed by atoms with Crippen LogP contribution in [0.3, 0.4) is 0 Å². The minimum atomic E-state index is -0.267. The van der Waals surface area contributed by atoms with Crippen LogP contribution in [-0.2, 0) is 4.79 Å². The van der Waals surface area contributed by atoms with Crippen LogP contribution < -0.4 is 5.32 Å². The highest BCUT2D eigenvalue weighted by molar-refractivity contribution is 9.10. The molecule has 0 saturated heterocycles. The van der Waals surface area contributed by atoms with Crippen molar-refractivity contribution < 1.29 is 4.79 Å². The second-order valence-electron chi connectivity index (χ2n) is 8.08. The van der Waals surface area contributed by atoms with Gasteiger partial charge in [-0.3, -0.25) is 9.78 Å². The fraction of sp³-hybridized carbons (Fsp3) is 0.185. The maximum atomic E-state index is 13.8. The number of hydrogen-bond acceptors (Lipinski definition) is 2. The van der Waals surface area contributed by atoms with Gasteiger partial charge in [0.1, 0.15) is 0 Å². The van der Waals surface area contributed by atoms with Crippen molar-refractivity contribution in [3.63, 3.8) is 0 Å². The summed E-state index contributed by atoms with van der Waals surface area (Å²) >= 11 is 7.02. The zero-order valence-corrected chi connectivity index (χ0v) is 21.1. The van der Waals surface area contributed by atoms with Gasteiger partial charge in [0.2, 0.25) is 5.91 Å². The number of amides is 1. The molecule has 1 aromatic heterocycles. The van der Waals surface area contributed by atoms with Crippen molar-refractivity contribution in [1.82, 2.24) is 4.98 Å². The van der Waals surface area contributed by atoms with Crippen molar-refractivity contribution in [2.45, 2.75) is 25.7 Å². The van der Waals surface area contributed by atoms with E-state index in [9.17, 15) is 4.79 Å². The smallest absolute Gasteiger partial charge is 0.228 e. The summed E-state index contributed by atoms with van der Waals surface area (Å²) in [7, 11) is 0. The molecule has 0 bridgehead atoms. The molecule has 1 N–H and O–H groups in total. The predicted octanol–water partition coefficient (Wildman–Crippen LogP) is 7.92. The number of halogens is 2. The average molecular weight is 552 g/mol. The van der Waals surface area contributed by atoms with Crippen LogP contribution >= 0.6 is 31.9 Å². The molecule has 162 valence electrons. The third-order valence-electron chi connectivity index (χ3n) is 6.06. The molecule has 5 heteroatoms. The van der Waals surface area contributed by atoms with Crippen LogP contribution in [0.5, 0.6) is 0 Å². The molecule has 0 spiro atoms.